The molecule has 0 aromatic heterocycles. The number of likely N-dealkylation sites (N-methyl/N-ethyl adjacent to an activating group) is 1. The van der Waals surface area contributed by atoms with Crippen LogP contribution in [-0.2, 0) is 11.0 Å². The van der Waals surface area contributed by atoms with E-state index in [-0.39, 0.29) is 12.1 Å². The zero-order chi connectivity index (χ0) is 15.1. The van der Waals surface area contributed by atoms with Crippen molar-refractivity contribution in [1.29, 1.82) is 0 Å². The lowest BCUT2D eigenvalue weighted by atomic mass is 9.98. The van der Waals surface area contributed by atoms with E-state index in [2.05, 4.69) is 0 Å². The van der Waals surface area contributed by atoms with Crippen LogP contribution in [0.3, 0.4) is 0 Å². The molecule has 0 unspecified atom stereocenters. The molecule has 108 valence electrons. The van der Waals surface area contributed by atoms with E-state index in [4.69, 9.17) is 5.11 Å². The SMILES string of the molecule is CCN1CC(C(=O)O)=C([O-])c2cc(C(F)(F)F)ccc21. The van der Waals surface area contributed by atoms with Crippen molar-refractivity contribution in [2.45, 2.75) is 13.1 Å². The molecule has 20 heavy (non-hydrogen) atoms. The first-order valence-electron chi connectivity index (χ1n) is 5.85. The maximum Gasteiger partial charge on any atom is 0.416 e. The Hall–Kier alpha value is -2.18. The Labute approximate surface area is 112 Å². The number of carboxylic acids is 1. The molecule has 1 N–H and O–H groups in total. The number of hydrogen-bond acceptors (Lipinski definition) is 3. The maximum absolute atomic E-state index is 12.7. The summed E-state index contributed by atoms with van der Waals surface area (Å²) < 4.78 is 38.0. The van der Waals surface area contributed by atoms with E-state index < -0.39 is 29.0 Å². The average molecular weight is 286 g/mol. The Bertz CT molecular complexity index is 593. The Morgan fingerprint density at radius 2 is 2.10 bits per heavy atom. The third kappa shape index (κ3) is 2.31. The van der Waals surface area contributed by atoms with E-state index in [1.165, 1.54) is 6.07 Å². The minimum Gasteiger partial charge on any atom is -0.872 e. The lowest BCUT2D eigenvalue weighted by molar-refractivity contribution is -0.245. The van der Waals surface area contributed by atoms with Crippen molar-refractivity contribution in [1.82, 2.24) is 0 Å². The number of carboxylic acid groups (broad SMARTS) is 1. The molecule has 0 saturated carbocycles. The van der Waals surface area contributed by atoms with Gasteiger partial charge in [-0.05, 0) is 30.7 Å². The number of alkyl halides is 3. The van der Waals surface area contributed by atoms with Gasteiger partial charge in [-0.2, -0.15) is 13.2 Å². The number of hydrogen-bond donors (Lipinski definition) is 1. The largest absolute Gasteiger partial charge is 0.872 e. The van der Waals surface area contributed by atoms with Crippen molar-refractivity contribution in [3.8, 4) is 0 Å². The van der Waals surface area contributed by atoms with Crippen molar-refractivity contribution >= 4 is 17.4 Å². The van der Waals surface area contributed by atoms with Gasteiger partial charge in [0.05, 0.1) is 5.56 Å². The first kappa shape index (κ1) is 14.2. The van der Waals surface area contributed by atoms with Gasteiger partial charge >= 0.3 is 12.1 Å². The fourth-order valence-electron chi connectivity index (χ4n) is 2.13. The molecule has 1 aliphatic rings. The molecule has 1 aromatic carbocycles. The van der Waals surface area contributed by atoms with E-state index >= 15 is 0 Å². The second-order valence-corrected chi connectivity index (χ2v) is 4.36. The Morgan fingerprint density at radius 3 is 2.60 bits per heavy atom. The van der Waals surface area contributed by atoms with Crippen LogP contribution in [0.5, 0.6) is 0 Å². The zero-order valence-electron chi connectivity index (χ0n) is 10.5. The van der Waals surface area contributed by atoms with E-state index in [9.17, 15) is 23.1 Å². The minimum atomic E-state index is -4.58. The van der Waals surface area contributed by atoms with Gasteiger partial charge in [0.2, 0.25) is 0 Å². The molecular weight excluding hydrogens is 275 g/mol. The predicted molar refractivity (Wildman–Crippen MR) is 63.9 cm³/mol. The summed E-state index contributed by atoms with van der Waals surface area (Å²) in [6.07, 6.45) is -4.58. The fraction of sp³-hybridized carbons (Fsp3) is 0.308. The van der Waals surface area contributed by atoms with Crippen LogP contribution in [0.1, 0.15) is 18.1 Å². The van der Waals surface area contributed by atoms with Crippen LogP contribution >= 0.6 is 0 Å². The number of halogens is 3. The quantitative estimate of drug-likeness (QED) is 0.898. The summed E-state index contributed by atoms with van der Waals surface area (Å²) in [4.78, 5) is 12.6. The number of carbonyl (C=O) groups is 1. The standard InChI is InChI=1S/C13H12F3NO3/c1-2-17-6-9(12(19)20)11(18)8-5-7(13(14,15)16)3-4-10(8)17/h3-5,18H,2,6H2,1H3,(H,19,20)/p-1. The van der Waals surface area contributed by atoms with E-state index in [0.717, 1.165) is 6.07 Å². The molecule has 0 bridgehead atoms. The van der Waals surface area contributed by atoms with Gasteiger partial charge in [0, 0.05) is 24.4 Å². The summed E-state index contributed by atoms with van der Waals surface area (Å²) in [7, 11) is 0. The third-order valence-electron chi connectivity index (χ3n) is 3.17. The van der Waals surface area contributed by atoms with Crippen molar-refractivity contribution in [2.75, 3.05) is 18.0 Å². The number of nitrogens with zero attached hydrogens (tertiary/aromatic N) is 1. The van der Waals surface area contributed by atoms with E-state index in [1.54, 1.807) is 11.8 Å². The van der Waals surface area contributed by atoms with Gasteiger partial charge in [0.1, 0.15) is 0 Å². The number of benzene rings is 1. The Kier molecular flexibility index (Phi) is 3.37. The summed E-state index contributed by atoms with van der Waals surface area (Å²) in [5.74, 6) is -2.26. The number of anilines is 1. The number of aliphatic carboxylic acids is 1. The van der Waals surface area contributed by atoms with Crippen LogP contribution in [0.15, 0.2) is 23.8 Å². The normalized spacial score (nSPS) is 15.3. The minimum absolute atomic E-state index is 0.108. The molecular formula is C13H11F3NO3-. The molecule has 1 aromatic rings. The van der Waals surface area contributed by atoms with E-state index in [0.29, 0.717) is 18.3 Å². The van der Waals surface area contributed by atoms with Gasteiger partial charge < -0.3 is 15.1 Å². The van der Waals surface area contributed by atoms with Crippen molar-refractivity contribution in [2.24, 2.45) is 0 Å². The van der Waals surface area contributed by atoms with Crippen LogP contribution in [-0.4, -0.2) is 24.2 Å². The highest BCUT2D eigenvalue weighted by atomic mass is 19.4. The fourth-order valence-corrected chi connectivity index (χ4v) is 2.13. The second kappa shape index (κ2) is 4.73. The molecule has 1 heterocycles. The molecule has 0 fully saturated rings. The average Bonchev–Trinajstić information content (AvgIpc) is 2.37. The Balaban J connectivity index is 2.64. The molecule has 4 nitrogen and oxygen atoms in total. The molecule has 0 aliphatic carbocycles. The van der Waals surface area contributed by atoms with Gasteiger partial charge in [0.25, 0.3) is 0 Å². The first-order chi connectivity index (χ1) is 9.25. The molecule has 0 atom stereocenters. The van der Waals surface area contributed by atoms with Crippen LogP contribution in [0, 0.1) is 0 Å². The zero-order valence-corrected chi connectivity index (χ0v) is 10.5. The van der Waals surface area contributed by atoms with Gasteiger partial charge in [-0.25, -0.2) is 4.79 Å². The predicted octanol–water partition coefficient (Wildman–Crippen LogP) is 1.70. The van der Waals surface area contributed by atoms with E-state index in [1.807, 2.05) is 0 Å². The Morgan fingerprint density at radius 1 is 1.45 bits per heavy atom. The van der Waals surface area contributed by atoms with Crippen LogP contribution in [0.2, 0.25) is 0 Å². The number of rotatable bonds is 2. The summed E-state index contributed by atoms with van der Waals surface area (Å²) in [5.41, 5.74) is -1.27. The second-order valence-electron chi connectivity index (χ2n) is 4.36. The highest BCUT2D eigenvalue weighted by molar-refractivity contribution is 5.98. The van der Waals surface area contributed by atoms with Gasteiger partial charge in [-0.3, -0.25) is 0 Å². The van der Waals surface area contributed by atoms with Crippen LogP contribution in [0.25, 0.3) is 5.76 Å². The van der Waals surface area contributed by atoms with Crippen LogP contribution < -0.4 is 10.0 Å². The lowest BCUT2D eigenvalue weighted by Gasteiger charge is -2.35. The molecule has 2 rings (SSSR count). The molecule has 0 spiro atoms. The van der Waals surface area contributed by atoms with Crippen molar-refractivity contribution in [3.63, 3.8) is 0 Å². The highest BCUT2D eigenvalue weighted by Crippen LogP contribution is 2.37. The molecule has 1 aliphatic heterocycles. The molecule has 0 radical (unpaired) electrons. The summed E-state index contributed by atoms with van der Waals surface area (Å²) >= 11 is 0. The molecule has 0 saturated heterocycles. The van der Waals surface area contributed by atoms with Gasteiger partial charge in [-0.15, -0.1) is 0 Å². The maximum atomic E-state index is 12.7. The van der Waals surface area contributed by atoms with Crippen LogP contribution in [0.4, 0.5) is 18.9 Å². The van der Waals surface area contributed by atoms with Crippen molar-refractivity contribution < 1.29 is 28.2 Å². The summed E-state index contributed by atoms with van der Waals surface area (Å²) in [6.45, 7) is 2.02. The summed E-state index contributed by atoms with van der Waals surface area (Å²) in [5, 5.41) is 21.0. The monoisotopic (exact) mass is 286 g/mol. The van der Waals surface area contributed by atoms with Crippen molar-refractivity contribution in [3.05, 3.63) is 34.9 Å². The summed E-state index contributed by atoms with van der Waals surface area (Å²) in [6, 6.07) is 2.81. The van der Waals surface area contributed by atoms with Gasteiger partial charge in [-0.1, -0.05) is 5.76 Å². The molecule has 0 amide bonds. The topological polar surface area (TPSA) is 63.6 Å². The lowest BCUT2D eigenvalue weighted by Crippen LogP contribution is -2.34. The third-order valence-corrected chi connectivity index (χ3v) is 3.17. The number of fused-ring (bicyclic) bond motifs is 1. The highest BCUT2D eigenvalue weighted by Gasteiger charge is 2.32. The molecule has 7 heteroatoms. The van der Waals surface area contributed by atoms with Gasteiger partial charge in [0.15, 0.2) is 0 Å². The first-order valence-corrected chi connectivity index (χ1v) is 5.85. The smallest absolute Gasteiger partial charge is 0.416 e.